The second-order valence-corrected chi connectivity index (χ2v) is 6.03. The molecule has 21 heavy (non-hydrogen) atoms. The van der Waals surface area contributed by atoms with Crippen molar-refractivity contribution in [1.82, 2.24) is 10.2 Å². The van der Waals surface area contributed by atoms with E-state index < -0.39 is 18.1 Å². The summed E-state index contributed by atoms with van der Waals surface area (Å²) in [5.74, 6) is -2.41. The van der Waals surface area contributed by atoms with Crippen molar-refractivity contribution in [2.45, 2.75) is 56.9 Å². The Balaban J connectivity index is 1.64. The van der Waals surface area contributed by atoms with Gasteiger partial charge in [-0.1, -0.05) is 12.8 Å². The number of β-lactam (4-membered cyclic amide) rings is 1. The standard InChI is InChI=1S/C14H22F2N2O3/c15-14(16)6-4-10(5-7-14)3-1-2-8-18(13(20)21)11-9-17-12(11)19/h10-11H,1-9H2,(H,17,19)(H,20,21). The Morgan fingerprint density at radius 1 is 1.33 bits per heavy atom. The molecular formula is C14H22F2N2O3. The average Bonchev–Trinajstić information content (AvgIpc) is 2.41. The SMILES string of the molecule is O=C1NCC1N(CCCCC1CCC(F)(F)CC1)C(=O)O. The van der Waals surface area contributed by atoms with Crippen molar-refractivity contribution in [2.75, 3.05) is 13.1 Å². The van der Waals surface area contributed by atoms with Crippen molar-refractivity contribution in [1.29, 1.82) is 0 Å². The van der Waals surface area contributed by atoms with E-state index in [4.69, 9.17) is 5.11 Å². The molecule has 2 rings (SSSR count). The van der Waals surface area contributed by atoms with Gasteiger partial charge < -0.3 is 10.4 Å². The van der Waals surface area contributed by atoms with Gasteiger partial charge in [0.1, 0.15) is 6.04 Å². The third-order valence-electron chi connectivity index (χ3n) is 4.49. The number of unbranched alkanes of at least 4 members (excludes halogenated alkanes) is 1. The number of alkyl halides is 2. The molecule has 1 aliphatic heterocycles. The van der Waals surface area contributed by atoms with E-state index in [-0.39, 0.29) is 18.7 Å². The molecule has 0 aromatic heterocycles. The Labute approximate surface area is 122 Å². The molecular weight excluding hydrogens is 282 g/mol. The molecule has 1 heterocycles. The van der Waals surface area contributed by atoms with Crippen molar-refractivity contribution in [3.8, 4) is 0 Å². The number of hydrogen-bond acceptors (Lipinski definition) is 2. The van der Waals surface area contributed by atoms with Crippen molar-refractivity contribution >= 4 is 12.0 Å². The summed E-state index contributed by atoms with van der Waals surface area (Å²) in [6.45, 7) is 0.707. The normalized spacial score (nSPS) is 25.0. The molecule has 2 amide bonds. The lowest BCUT2D eigenvalue weighted by Crippen LogP contribution is -2.63. The minimum atomic E-state index is -2.49. The van der Waals surface area contributed by atoms with E-state index in [1.54, 1.807) is 0 Å². The van der Waals surface area contributed by atoms with Crippen LogP contribution in [0.1, 0.15) is 44.9 Å². The van der Waals surface area contributed by atoms with Gasteiger partial charge in [-0.05, 0) is 25.2 Å². The number of carboxylic acid groups (broad SMARTS) is 1. The van der Waals surface area contributed by atoms with Crippen molar-refractivity contribution in [3.63, 3.8) is 0 Å². The Morgan fingerprint density at radius 3 is 2.48 bits per heavy atom. The van der Waals surface area contributed by atoms with Crippen molar-refractivity contribution in [2.24, 2.45) is 5.92 Å². The van der Waals surface area contributed by atoms with E-state index in [0.29, 0.717) is 38.3 Å². The van der Waals surface area contributed by atoms with Crippen LogP contribution in [0.25, 0.3) is 0 Å². The minimum absolute atomic E-state index is 0.0266. The maximum absolute atomic E-state index is 13.0. The summed E-state index contributed by atoms with van der Waals surface area (Å²) >= 11 is 0. The Morgan fingerprint density at radius 2 is 2.00 bits per heavy atom. The van der Waals surface area contributed by atoms with Crippen LogP contribution in [0.15, 0.2) is 0 Å². The van der Waals surface area contributed by atoms with E-state index in [9.17, 15) is 18.4 Å². The summed E-state index contributed by atoms with van der Waals surface area (Å²) in [7, 11) is 0. The summed E-state index contributed by atoms with van der Waals surface area (Å²) in [5, 5.41) is 11.6. The van der Waals surface area contributed by atoms with Gasteiger partial charge in [0.05, 0.1) is 0 Å². The number of rotatable bonds is 6. The molecule has 7 heteroatoms. The van der Waals surface area contributed by atoms with E-state index in [1.807, 2.05) is 0 Å². The average molecular weight is 304 g/mol. The third-order valence-corrected chi connectivity index (χ3v) is 4.49. The molecule has 120 valence electrons. The fourth-order valence-corrected chi connectivity index (χ4v) is 3.02. The predicted octanol–water partition coefficient (Wildman–Crippen LogP) is 2.46. The highest BCUT2D eigenvalue weighted by Gasteiger charge is 2.36. The summed E-state index contributed by atoms with van der Waals surface area (Å²) in [6, 6.07) is -0.559. The van der Waals surface area contributed by atoms with Gasteiger partial charge in [0.15, 0.2) is 0 Å². The second kappa shape index (κ2) is 6.58. The molecule has 2 aliphatic rings. The molecule has 2 N–H and O–H groups in total. The zero-order valence-electron chi connectivity index (χ0n) is 12.0. The Bertz CT molecular complexity index is 394. The van der Waals surface area contributed by atoms with Crippen molar-refractivity contribution < 1.29 is 23.5 Å². The van der Waals surface area contributed by atoms with Crippen molar-refractivity contribution in [3.05, 3.63) is 0 Å². The Hall–Kier alpha value is -1.40. The third kappa shape index (κ3) is 4.28. The molecule has 1 saturated carbocycles. The molecule has 1 saturated heterocycles. The lowest BCUT2D eigenvalue weighted by Gasteiger charge is -2.35. The van der Waals surface area contributed by atoms with Gasteiger partial charge in [0.2, 0.25) is 11.8 Å². The smallest absolute Gasteiger partial charge is 0.408 e. The van der Waals surface area contributed by atoms with E-state index in [2.05, 4.69) is 5.32 Å². The largest absolute Gasteiger partial charge is 0.465 e. The summed E-state index contributed by atoms with van der Waals surface area (Å²) < 4.78 is 26.0. The van der Waals surface area contributed by atoms with Crippen LogP contribution in [0.3, 0.4) is 0 Å². The zero-order valence-corrected chi connectivity index (χ0v) is 12.0. The number of amides is 2. The lowest BCUT2D eigenvalue weighted by molar-refractivity contribution is -0.132. The van der Waals surface area contributed by atoms with E-state index >= 15 is 0 Å². The molecule has 0 aromatic rings. The molecule has 1 unspecified atom stereocenters. The van der Waals surface area contributed by atoms with Crippen LogP contribution in [-0.2, 0) is 4.79 Å². The summed E-state index contributed by atoms with van der Waals surface area (Å²) in [5.41, 5.74) is 0. The van der Waals surface area contributed by atoms with Crippen LogP contribution >= 0.6 is 0 Å². The number of nitrogens with zero attached hydrogens (tertiary/aromatic N) is 1. The molecule has 1 aliphatic carbocycles. The molecule has 0 bridgehead atoms. The number of carbonyl (C=O) groups excluding carboxylic acids is 1. The summed E-state index contributed by atoms with van der Waals surface area (Å²) in [6.07, 6.45) is 2.33. The molecule has 0 aromatic carbocycles. The van der Waals surface area contributed by atoms with Gasteiger partial charge in [-0.15, -0.1) is 0 Å². The molecule has 5 nitrogen and oxygen atoms in total. The van der Waals surface area contributed by atoms with Gasteiger partial charge in [-0.3, -0.25) is 9.69 Å². The van der Waals surface area contributed by atoms with Gasteiger partial charge in [0, 0.05) is 25.9 Å². The van der Waals surface area contributed by atoms with Crippen LogP contribution in [0.5, 0.6) is 0 Å². The van der Waals surface area contributed by atoms with Gasteiger partial charge in [-0.2, -0.15) is 0 Å². The molecule has 0 spiro atoms. The highest BCUT2D eigenvalue weighted by Crippen LogP contribution is 2.37. The first kappa shape index (κ1) is 16.0. The number of halogens is 2. The van der Waals surface area contributed by atoms with Crippen LogP contribution in [-0.4, -0.2) is 47.1 Å². The first-order chi connectivity index (χ1) is 9.89. The number of hydrogen-bond donors (Lipinski definition) is 2. The lowest BCUT2D eigenvalue weighted by atomic mass is 9.84. The highest BCUT2D eigenvalue weighted by molar-refractivity contribution is 5.90. The van der Waals surface area contributed by atoms with Crippen LogP contribution in [0.2, 0.25) is 0 Å². The predicted molar refractivity (Wildman–Crippen MR) is 72.3 cm³/mol. The number of nitrogens with one attached hydrogen (secondary N) is 1. The summed E-state index contributed by atoms with van der Waals surface area (Å²) in [4.78, 5) is 23.5. The molecule has 0 radical (unpaired) electrons. The maximum Gasteiger partial charge on any atom is 0.408 e. The van der Waals surface area contributed by atoms with Crippen LogP contribution in [0.4, 0.5) is 13.6 Å². The fraction of sp³-hybridized carbons (Fsp3) is 0.857. The monoisotopic (exact) mass is 304 g/mol. The Kier molecular flexibility index (Phi) is 5.00. The van der Waals surface area contributed by atoms with Gasteiger partial charge in [-0.25, -0.2) is 13.6 Å². The molecule has 1 atom stereocenters. The van der Waals surface area contributed by atoms with Crippen LogP contribution in [0, 0.1) is 5.92 Å². The van der Waals surface area contributed by atoms with Crippen LogP contribution < -0.4 is 5.32 Å². The fourth-order valence-electron chi connectivity index (χ4n) is 3.02. The zero-order chi connectivity index (χ0) is 15.5. The second-order valence-electron chi connectivity index (χ2n) is 6.03. The van der Waals surface area contributed by atoms with E-state index in [0.717, 1.165) is 12.8 Å². The van der Waals surface area contributed by atoms with Gasteiger partial charge in [0.25, 0.3) is 0 Å². The highest BCUT2D eigenvalue weighted by atomic mass is 19.3. The maximum atomic E-state index is 13.0. The topological polar surface area (TPSA) is 69.6 Å². The van der Waals surface area contributed by atoms with Gasteiger partial charge >= 0.3 is 6.09 Å². The first-order valence-electron chi connectivity index (χ1n) is 7.54. The quantitative estimate of drug-likeness (QED) is 0.585. The minimum Gasteiger partial charge on any atom is -0.465 e. The van der Waals surface area contributed by atoms with E-state index in [1.165, 1.54) is 4.90 Å². The molecule has 2 fully saturated rings. The first-order valence-corrected chi connectivity index (χ1v) is 7.54. The number of carbonyl (C=O) groups is 2.